The van der Waals surface area contributed by atoms with Crippen LogP contribution in [0.15, 0.2) is 23.6 Å². The number of aryl methyl sites for hydroxylation is 1. The van der Waals surface area contributed by atoms with E-state index in [-0.39, 0.29) is 4.83 Å². The fourth-order valence-corrected chi connectivity index (χ4v) is 2.95. The fraction of sp³-hybridized carbons (Fsp3) is 0.250. The summed E-state index contributed by atoms with van der Waals surface area (Å²) in [6, 6.07) is 3.96. The third-order valence-electron chi connectivity index (χ3n) is 2.36. The van der Waals surface area contributed by atoms with Crippen molar-refractivity contribution in [3.63, 3.8) is 0 Å². The molecule has 0 amide bonds. The Morgan fingerprint density at radius 1 is 1.35 bits per heavy atom. The van der Waals surface area contributed by atoms with Gasteiger partial charge in [0, 0.05) is 5.38 Å². The second kappa shape index (κ2) is 5.23. The minimum Gasteiger partial charge on any atom is -0.245 e. The molecule has 1 unspecified atom stereocenters. The smallest absolute Gasteiger partial charge is 0.159 e. The summed E-state index contributed by atoms with van der Waals surface area (Å²) >= 11 is 5.08. The summed E-state index contributed by atoms with van der Waals surface area (Å²) in [5, 5.41) is 2.96. The summed E-state index contributed by atoms with van der Waals surface area (Å²) in [5.74, 6) is -1.62. The molecule has 1 heterocycles. The molecule has 2 rings (SSSR count). The first-order chi connectivity index (χ1) is 8.06. The van der Waals surface area contributed by atoms with Crippen molar-refractivity contribution in [1.29, 1.82) is 0 Å². The Morgan fingerprint density at radius 2 is 2.12 bits per heavy atom. The maximum absolute atomic E-state index is 13.0. The molecule has 0 spiro atoms. The average Bonchev–Trinajstić information content (AvgIpc) is 2.70. The highest BCUT2D eigenvalue weighted by Crippen LogP contribution is 2.28. The van der Waals surface area contributed by atoms with Gasteiger partial charge in [0.25, 0.3) is 0 Å². The zero-order valence-corrected chi connectivity index (χ0v) is 11.5. The molecular formula is C12H10BrF2NS. The topological polar surface area (TPSA) is 12.9 Å². The van der Waals surface area contributed by atoms with Crippen LogP contribution in [-0.4, -0.2) is 4.98 Å². The lowest BCUT2D eigenvalue weighted by Gasteiger charge is -2.07. The van der Waals surface area contributed by atoms with Gasteiger partial charge in [-0.15, -0.1) is 11.3 Å². The standard InChI is InChI=1S/C12H10BrF2NS/c1-7-16-12(6-17-7)9(13)4-8-2-3-10(14)11(15)5-8/h2-3,5-6,9H,4H2,1H3. The number of halogens is 3. The van der Waals surface area contributed by atoms with E-state index in [0.29, 0.717) is 6.42 Å². The van der Waals surface area contributed by atoms with Crippen LogP contribution < -0.4 is 0 Å². The first-order valence-electron chi connectivity index (χ1n) is 5.06. The molecule has 0 aliphatic heterocycles. The number of hydrogen-bond donors (Lipinski definition) is 0. The van der Waals surface area contributed by atoms with Crippen molar-refractivity contribution < 1.29 is 8.78 Å². The van der Waals surface area contributed by atoms with Crippen LogP contribution in [0.4, 0.5) is 8.78 Å². The number of rotatable bonds is 3. The van der Waals surface area contributed by atoms with Gasteiger partial charge >= 0.3 is 0 Å². The van der Waals surface area contributed by atoms with E-state index in [9.17, 15) is 8.78 Å². The lowest BCUT2D eigenvalue weighted by atomic mass is 10.1. The third kappa shape index (κ3) is 3.10. The van der Waals surface area contributed by atoms with E-state index in [1.54, 1.807) is 17.4 Å². The van der Waals surface area contributed by atoms with Crippen molar-refractivity contribution in [2.45, 2.75) is 18.2 Å². The van der Waals surface area contributed by atoms with E-state index in [4.69, 9.17) is 0 Å². The molecule has 0 N–H and O–H groups in total. The molecule has 0 bridgehead atoms. The highest BCUT2D eigenvalue weighted by atomic mass is 79.9. The van der Waals surface area contributed by atoms with E-state index >= 15 is 0 Å². The van der Waals surface area contributed by atoms with Gasteiger partial charge in [0.05, 0.1) is 15.5 Å². The second-order valence-corrected chi connectivity index (χ2v) is 5.88. The molecule has 90 valence electrons. The lowest BCUT2D eigenvalue weighted by molar-refractivity contribution is 0.507. The van der Waals surface area contributed by atoms with Crippen LogP contribution in [0.3, 0.4) is 0 Å². The lowest BCUT2D eigenvalue weighted by Crippen LogP contribution is -1.97. The maximum atomic E-state index is 13.0. The number of benzene rings is 1. The van der Waals surface area contributed by atoms with E-state index < -0.39 is 11.6 Å². The molecule has 1 atom stereocenters. The molecule has 1 aromatic carbocycles. The van der Waals surface area contributed by atoms with E-state index in [1.165, 1.54) is 6.07 Å². The number of aromatic nitrogens is 1. The van der Waals surface area contributed by atoms with Crippen LogP contribution in [0.5, 0.6) is 0 Å². The van der Waals surface area contributed by atoms with Gasteiger partial charge in [0.15, 0.2) is 11.6 Å². The zero-order chi connectivity index (χ0) is 12.4. The van der Waals surface area contributed by atoms with Crippen molar-refractivity contribution >= 4 is 27.3 Å². The predicted octanol–water partition coefficient (Wildman–Crippen LogP) is 4.41. The van der Waals surface area contributed by atoms with Crippen LogP contribution >= 0.6 is 27.3 Å². The van der Waals surface area contributed by atoms with E-state index in [1.807, 2.05) is 12.3 Å². The SMILES string of the molecule is Cc1nc(C(Br)Cc2ccc(F)c(F)c2)cs1. The summed E-state index contributed by atoms with van der Waals surface area (Å²) in [7, 11) is 0. The van der Waals surface area contributed by atoms with Crippen molar-refractivity contribution in [2.75, 3.05) is 0 Å². The summed E-state index contributed by atoms with van der Waals surface area (Å²) < 4.78 is 25.8. The minimum atomic E-state index is -0.815. The largest absolute Gasteiger partial charge is 0.245 e. The average molecular weight is 318 g/mol. The van der Waals surface area contributed by atoms with Crippen molar-refractivity contribution in [2.24, 2.45) is 0 Å². The molecular weight excluding hydrogens is 308 g/mol. The van der Waals surface area contributed by atoms with Gasteiger partial charge in [0.1, 0.15) is 0 Å². The van der Waals surface area contributed by atoms with E-state index in [2.05, 4.69) is 20.9 Å². The minimum absolute atomic E-state index is 0.0253. The molecule has 1 aromatic heterocycles. The van der Waals surface area contributed by atoms with Crippen molar-refractivity contribution in [3.8, 4) is 0 Å². The second-order valence-electron chi connectivity index (χ2n) is 3.71. The van der Waals surface area contributed by atoms with Crippen LogP contribution in [-0.2, 0) is 6.42 Å². The summed E-state index contributed by atoms with van der Waals surface area (Å²) in [5.41, 5.74) is 1.67. The number of nitrogens with zero attached hydrogens (tertiary/aromatic N) is 1. The van der Waals surface area contributed by atoms with Crippen molar-refractivity contribution in [1.82, 2.24) is 4.98 Å². The third-order valence-corrected chi connectivity index (χ3v) is 3.94. The van der Waals surface area contributed by atoms with Crippen molar-refractivity contribution in [3.05, 3.63) is 51.5 Å². The van der Waals surface area contributed by atoms with Gasteiger partial charge in [-0.1, -0.05) is 22.0 Å². The van der Waals surface area contributed by atoms with Crippen LogP contribution in [0.1, 0.15) is 21.1 Å². The van der Waals surface area contributed by atoms with Gasteiger partial charge in [-0.25, -0.2) is 13.8 Å². The first-order valence-corrected chi connectivity index (χ1v) is 6.86. The van der Waals surface area contributed by atoms with Crippen LogP contribution in [0, 0.1) is 18.6 Å². The number of hydrogen-bond acceptors (Lipinski definition) is 2. The normalized spacial score (nSPS) is 12.7. The highest BCUT2D eigenvalue weighted by Gasteiger charge is 2.12. The Kier molecular flexibility index (Phi) is 3.89. The molecule has 0 aliphatic rings. The monoisotopic (exact) mass is 317 g/mol. The molecule has 0 saturated heterocycles. The Bertz CT molecular complexity index is 527. The molecule has 0 radical (unpaired) electrons. The van der Waals surface area contributed by atoms with Gasteiger partial charge in [-0.2, -0.15) is 0 Å². The molecule has 2 aromatic rings. The Hall–Kier alpha value is -0.810. The van der Waals surface area contributed by atoms with E-state index in [0.717, 1.165) is 22.3 Å². The Morgan fingerprint density at radius 3 is 2.71 bits per heavy atom. The fourth-order valence-electron chi connectivity index (χ4n) is 1.50. The van der Waals surface area contributed by atoms with Gasteiger partial charge in [-0.05, 0) is 31.0 Å². The molecule has 0 fully saturated rings. The summed E-state index contributed by atoms with van der Waals surface area (Å²) in [4.78, 5) is 4.38. The molecule has 17 heavy (non-hydrogen) atoms. The first kappa shape index (κ1) is 12.6. The predicted molar refractivity (Wildman–Crippen MR) is 68.6 cm³/mol. The number of thiazole rings is 1. The van der Waals surface area contributed by atoms with Gasteiger partial charge < -0.3 is 0 Å². The van der Waals surface area contributed by atoms with Crippen LogP contribution in [0.25, 0.3) is 0 Å². The Balaban J connectivity index is 2.12. The molecule has 5 heteroatoms. The van der Waals surface area contributed by atoms with Gasteiger partial charge in [-0.3, -0.25) is 0 Å². The summed E-state index contributed by atoms with van der Waals surface area (Å²) in [6.07, 6.45) is 0.584. The summed E-state index contributed by atoms with van der Waals surface area (Å²) in [6.45, 7) is 1.94. The quantitative estimate of drug-likeness (QED) is 0.764. The molecule has 0 aliphatic carbocycles. The maximum Gasteiger partial charge on any atom is 0.159 e. The molecule has 0 saturated carbocycles. The molecule has 1 nitrogen and oxygen atoms in total. The zero-order valence-electron chi connectivity index (χ0n) is 9.08. The Labute approximate surface area is 111 Å². The number of alkyl halides is 1. The highest BCUT2D eigenvalue weighted by molar-refractivity contribution is 9.09. The van der Waals surface area contributed by atoms with Crippen LogP contribution in [0.2, 0.25) is 0 Å². The van der Waals surface area contributed by atoms with Gasteiger partial charge in [0.2, 0.25) is 0 Å².